The summed E-state index contributed by atoms with van der Waals surface area (Å²) in [5.74, 6) is -0.632. The van der Waals surface area contributed by atoms with Gasteiger partial charge in [0.15, 0.2) is 5.78 Å². The van der Waals surface area contributed by atoms with Gasteiger partial charge in [-0.25, -0.2) is 0 Å². The van der Waals surface area contributed by atoms with Crippen molar-refractivity contribution in [3.63, 3.8) is 0 Å². The van der Waals surface area contributed by atoms with Crippen molar-refractivity contribution in [2.75, 3.05) is 7.11 Å². The molecule has 1 unspecified atom stereocenters. The van der Waals surface area contributed by atoms with Gasteiger partial charge in [0.1, 0.15) is 5.75 Å². The first kappa shape index (κ1) is 12.4. The van der Waals surface area contributed by atoms with E-state index in [1.54, 1.807) is 13.2 Å². The van der Waals surface area contributed by atoms with Crippen LogP contribution in [0.4, 0.5) is 0 Å². The smallest absolute Gasteiger partial charge is 0.303 e. The number of methoxy groups -OCH3 is 1. The van der Waals surface area contributed by atoms with Crippen molar-refractivity contribution in [3.05, 3.63) is 35.4 Å². The normalized spacial score (nSPS) is 17.4. The van der Waals surface area contributed by atoms with Crippen molar-refractivity contribution in [2.24, 2.45) is 0 Å². The summed E-state index contributed by atoms with van der Waals surface area (Å²) in [6.45, 7) is 0. The summed E-state index contributed by atoms with van der Waals surface area (Å²) in [5.41, 5.74) is 1.80. The minimum absolute atomic E-state index is 0.0130. The molecule has 0 fully saturated rings. The quantitative estimate of drug-likeness (QED) is 0.884. The Balaban J connectivity index is 2.33. The van der Waals surface area contributed by atoms with Crippen LogP contribution in [0.2, 0.25) is 0 Å². The monoisotopic (exact) mass is 246 g/mol. The lowest BCUT2D eigenvalue weighted by Crippen LogP contribution is -2.16. The van der Waals surface area contributed by atoms with Crippen LogP contribution in [-0.2, 0) is 9.59 Å². The molecule has 4 heteroatoms. The average Bonchev–Trinajstić information content (AvgIpc) is 2.36. The second-order valence-electron chi connectivity index (χ2n) is 4.22. The van der Waals surface area contributed by atoms with Gasteiger partial charge in [0, 0.05) is 12.3 Å². The molecule has 1 aromatic carbocycles. The fraction of sp³-hybridized carbons (Fsp3) is 0.286. The number of carbonyl (C=O) groups is 2. The molecule has 0 radical (unpaired) electrons. The fourth-order valence-electron chi connectivity index (χ4n) is 2.14. The van der Waals surface area contributed by atoms with Gasteiger partial charge in [-0.1, -0.05) is 12.1 Å². The van der Waals surface area contributed by atoms with Crippen LogP contribution < -0.4 is 4.74 Å². The largest absolute Gasteiger partial charge is 0.497 e. The molecular formula is C14H14O4. The summed E-state index contributed by atoms with van der Waals surface area (Å²) in [7, 11) is 1.56. The first-order valence-electron chi connectivity index (χ1n) is 5.73. The van der Waals surface area contributed by atoms with Crippen LogP contribution in [0.5, 0.6) is 5.75 Å². The number of allylic oxidation sites excluding steroid dienone is 1. The van der Waals surface area contributed by atoms with Crippen LogP contribution in [0, 0.1) is 0 Å². The second-order valence-corrected chi connectivity index (χ2v) is 4.22. The van der Waals surface area contributed by atoms with Gasteiger partial charge in [-0.05, 0) is 35.8 Å². The summed E-state index contributed by atoms with van der Waals surface area (Å²) in [4.78, 5) is 22.5. The van der Waals surface area contributed by atoms with E-state index in [1.807, 2.05) is 18.2 Å². The van der Waals surface area contributed by atoms with E-state index in [-0.39, 0.29) is 18.1 Å². The van der Waals surface area contributed by atoms with Crippen LogP contribution in [0.15, 0.2) is 24.3 Å². The lowest BCUT2D eigenvalue weighted by molar-refractivity contribution is -0.137. The molecular weight excluding hydrogens is 232 g/mol. The van der Waals surface area contributed by atoms with E-state index in [2.05, 4.69) is 0 Å². The number of hydrogen-bond acceptors (Lipinski definition) is 3. The number of ether oxygens (including phenoxy) is 1. The molecule has 0 bridgehead atoms. The molecule has 0 spiro atoms. The van der Waals surface area contributed by atoms with Crippen LogP contribution in [0.3, 0.4) is 0 Å². The van der Waals surface area contributed by atoms with Gasteiger partial charge in [-0.3, -0.25) is 9.59 Å². The maximum absolute atomic E-state index is 11.8. The first-order chi connectivity index (χ1) is 8.61. The maximum Gasteiger partial charge on any atom is 0.303 e. The number of hydrogen-bond donors (Lipinski definition) is 1. The highest BCUT2D eigenvalue weighted by molar-refractivity contribution is 6.02. The molecule has 0 aromatic heterocycles. The lowest BCUT2D eigenvalue weighted by atomic mass is 9.83. The standard InChI is InChI=1S/C14H14O4/c1-18-10-4-2-9-3-6-13(15)11(12(9)8-10)5-7-14(16)17/h2-4,6,8,11H,5,7H2,1H3,(H,16,17). The summed E-state index contributed by atoms with van der Waals surface area (Å²) in [5, 5.41) is 8.73. The molecule has 4 nitrogen and oxygen atoms in total. The Morgan fingerprint density at radius 1 is 1.39 bits per heavy atom. The summed E-state index contributed by atoms with van der Waals surface area (Å²) in [6.07, 6.45) is 3.58. The minimum atomic E-state index is -0.887. The van der Waals surface area contributed by atoms with Crippen molar-refractivity contribution < 1.29 is 19.4 Å². The van der Waals surface area contributed by atoms with Crippen LogP contribution in [0.1, 0.15) is 29.9 Å². The van der Waals surface area contributed by atoms with Crippen molar-refractivity contribution in [1.29, 1.82) is 0 Å². The molecule has 1 aliphatic rings. The van der Waals surface area contributed by atoms with E-state index in [0.29, 0.717) is 12.2 Å². The number of carbonyl (C=O) groups excluding carboxylic acids is 1. The van der Waals surface area contributed by atoms with E-state index in [0.717, 1.165) is 11.1 Å². The third-order valence-electron chi connectivity index (χ3n) is 3.09. The van der Waals surface area contributed by atoms with Crippen LogP contribution >= 0.6 is 0 Å². The molecule has 1 atom stereocenters. The number of ketones is 1. The molecule has 18 heavy (non-hydrogen) atoms. The Hall–Kier alpha value is -2.10. The van der Waals surface area contributed by atoms with Crippen LogP contribution in [0.25, 0.3) is 6.08 Å². The van der Waals surface area contributed by atoms with E-state index in [9.17, 15) is 9.59 Å². The Bertz CT molecular complexity index is 517. The highest BCUT2D eigenvalue weighted by Gasteiger charge is 2.25. The first-order valence-corrected chi connectivity index (χ1v) is 5.73. The second kappa shape index (κ2) is 5.04. The van der Waals surface area contributed by atoms with E-state index in [4.69, 9.17) is 9.84 Å². The molecule has 1 N–H and O–H groups in total. The molecule has 0 saturated heterocycles. The Labute approximate surface area is 105 Å². The zero-order valence-corrected chi connectivity index (χ0v) is 10.1. The van der Waals surface area contributed by atoms with Gasteiger partial charge in [-0.15, -0.1) is 0 Å². The van der Waals surface area contributed by atoms with Crippen molar-refractivity contribution in [3.8, 4) is 5.75 Å². The third kappa shape index (κ3) is 2.42. The topological polar surface area (TPSA) is 63.6 Å². The lowest BCUT2D eigenvalue weighted by Gasteiger charge is -2.20. The minimum Gasteiger partial charge on any atom is -0.497 e. The van der Waals surface area contributed by atoms with Gasteiger partial charge >= 0.3 is 5.97 Å². The zero-order valence-electron chi connectivity index (χ0n) is 10.1. The highest BCUT2D eigenvalue weighted by atomic mass is 16.5. The maximum atomic E-state index is 11.8. The third-order valence-corrected chi connectivity index (χ3v) is 3.09. The van der Waals surface area contributed by atoms with Gasteiger partial charge in [0.2, 0.25) is 0 Å². The fourth-order valence-corrected chi connectivity index (χ4v) is 2.14. The summed E-state index contributed by atoms with van der Waals surface area (Å²) >= 11 is 0. The van der Waals surface area contributed by atoms with Gasteiger partial charge < -0.3 is 9.84 Å². The highest BCUT2D eigenvalue weighted by Crippen LogP contribution is 2.33. The summed E-state index contributed by atoms with van der Waals surface area (Å²) in [6, 6.07) is 5.52. The summed E-state index contributed by atoms with van der Waals surface area (Å²) < 4.78 is 5.14. The zero-order chi connectivity index (χ0) is 13.1. The molecule has 1 aliphatic carbocycles. The van der Waals surface area contributed by atoms with E-state index >= 15 is 0 Å². The van der Waals surface area contributed by atoms with Gasteiger partial charge in [0.05, 0.1) is 7.11 Å². The number of rotatable bonds is 4. The van der Waals surface area contributed by atoms with Gasteiger partial charge in [-0.2, -0.15) is 0 Å². The SMILES string of the molecule is COc1ccc2c(c1)C(CCC(=O)O)C(=O)C=C2. The predicted molar refractivity (Wildman–Crippen MR) is 66.6 cm³/mol. The molecule has 0 aliphatic heterocycles. The average molecular weight is 246 g/mol. The van der Waals surface area contributed by atoms with Crippen molar-refractivity contribution >= 4 is 17.8 Å². The Morgan fingerprint density at radius 2 is 2.17 bits per heavy atom. The molecule has 1 aromatic rings. The molecule has 94 valence electrons. The van der Waals surface area contributed by atoms with Gasteiger partial charge in [0.25, 0.3) is 0 Å². The van der Waals surface area contributed by atoms with E-state index in [1.165, 1.54) is 6.08 Å². The molecule has 2 rings (SSSR count). The number of benzene rings is 1. The number of aliphatic carboxylic acids is 1. The van der Waals surface area contributed by atoms with E-state index < -0.39 is 5.97 Å². The number of fused-ring (bicyclic) bond motifs is 1. The Kier molecular flexibility index (Phi) is 3.46. The van der Waals surface area contributed by atoms with Crippen molar-refractivity contribution in [2.45, 2.75) is 18.8 Å². The Morgan fingerprint density at radius 3 is 2.83 bits per heavy atom. The predicted octanol–water partition coefficient (Wildman–Crippen LogP) is 2.24. The van der Waals surface area contributed by atoms with Crippen LogP contribution in [-0.4, -0.2) is 24.0 Å². The molecule has 0 heterocycles. The molecule has 0 amide bonds. The number of carboxylic acids is 1. The number of carboxylic acid groups (broad SMARTS) is 1. The molecule has 0 saturated carbocycles. The van der Waals surface area contributed by atoms with Crippen molar-refractivity contribution in [1.82, 2.24) is 0 Å².